The molecule has 1 saturated carbocycles. The molecule has 2 rings (SSSR count). The summed E-state index contributed by atoms with van der Waals surface area (Å²) in [6.07, 6.45) is 3.49. The van der Waals surface area contributed by atoms with Crippen LogP contribution in [0.15, 0.2) is 18.3 Å². The van der Waals surface area contributed by atoms with Gasteiger partial charge in [-0.25, -0.2) is 4.98 Å². The highest BCUT2D eigenvalue weighted by atomic mass is 16.5. The summed E-state index contributed by atoms with van der Waals surface area (Å²) in [4.78, 5) is 16.0. The SMILES string of the molecule is CCOc1cccnc1C(=O)NCC1(CO)CC1. The van der Waals surface area contributed by atoms with Gasteiger partial charge in [0, 0.05) is 18.2 Å². The first-order valence-electron chi connectivity index (χ1n) is 6.18. The molecule has 5 nitrogen and oxygen atoms in total. The highest BCUT2D eigenvalue weighted by Crippen LogP contribution is 2.44. The standard InChI is InChI=1S/C13H18N2O3/c1-2-18-10-4-3-7-14-11(10)12(17)15-8-13(9-16)5-6-13/h3-4,7,16H,2,5-6,8-9H2,1H3,(H,15,17). The number of aromatic nitrogens is 1. The molecule has 18 heavy (non-hydrogen) atoms. The van der Waals surface area contributed by atoms with E-state index in [1.165, 1.54) is 0 Å². The fourth-order valence-electron chi connectivity index (χ4n) is 1.75. The van der Waals surface area contributed by atoms with E-state index in [2.05, 4.69) is 10.3 Å². The van der Waals surface area contributed by atoms with Gasteiger partial charge in [-0.1, -0.05) is 0 Å². The number of carbonyl (C=O) groups is 1. The Bertz CT molecular complexity index is 430. The predicted octanol–water partition coefficient (Wildman–Crippen LogP) is 0.983. The minimum absolute atomic E-state index is 0.101. The van der Waals surface area contributed by atoms with Crippen LogP contribution in [0.25, 0.3) is 0 Å². The van der Waals surface area contributed by atoms with E-state index in [0.29, 0.717) is 24.6 Å². The second kappa shape index (κ2) is 5.35. The molecule has 1 aromatic rings. The van der Waals surface area contributed by atoms with Gasteiger partial charge in [0.05, 0.1) is 13.2 Å². The Morgan fingerprint density at radius 2 is 2.39 bits per heavy atom. The first-order chi connectivity index (χ1) is 8.71. The van der Waals surface area contributed by atoms with Crippen LogP contribution in [0.1, 0.15) is 30.3 Å². The summed E-state index contributed by atoms with van der Waals surface area (Å²) in [7, 11) is 0. The first kappa shape index (κ1) is 12.8. The van der Waals surface area contributed by atoms with Crippen LogP contribution in [0.2, 0.25) is 0 Å². The molecule has 1 aliphatic rings. The third kappa shape index (κ3) is 2.79. The van der Waals surface area contributed by atoms with Crippen LogP contribution < -0.4 is 10.1 Å². The molecule has 1 aromatic heterocycles. The normalized spacial score (nSPS) is 16.1. The van der Waals surface area contributed by atoms with Gasteiger partial charge >= 0.3 is 0 Å². The maximum atomic E-state index is 12.0. The summed E-state index contributed by atoms with van der Waals surface area (Å²) in [6.45, 7) is 2.96. The van der Waals surface area contributed by atoms with Crippen LogP contribution in [-0.2, 0) is 0 Å². The highest BCUT2D eigenvalue weighted by Gasteiger charge is 2.42. The van der Waals surface area contributed by atoms with E-state index in [-0.39, 0.29) is 17.9 Å². The predicted molar refractivity (Wildman–Crippen MR) is 66.5 cm³/mol. The zero-order valence-electron chi connectivity index (χ0n) is 10.5. The van der Waals surface area contributed by atoms with Crippen molar-refractivity contribution < 1.29 is 14.6 Å². The van der Waals surface area contributed by atoms with Crippen LogP contribution in [0.3, 0.4) is 0 Å². The fourth-order valence-corrected chi connectivity index (χ4v) is 1.75. The number of pyridine rings is 1. The van der Waals surface area contributed by atoms with Gasteiger partial charge in [-0.3, -0.25) is 4.79 Å². The minimum atomic E-state index is -0.251. The van der Waals surface area contributed by atoms with E-state index in [4.69, 9.17) is 4.74 Å². The lowest BCUT2D eigenvalue weighted by atomic mass is 10.1. The lowest BCUT2D eigenvalue weighted by Gasteiger charge is -2.13. The third-order valence-electron chi connectivity index (χ3n) is 3.20. The number of ether oxygens (including phenoxy) is 1. The van der Waals surface area contributed by atoms with Gasteiger partial charge in [0.15, 0.2) is 11.4 Å². The summed E-state index contributed by atoms with van der Waals surface area (Å²) in [5, 5.41) is 12.0. The molecule has 1 aliphatic carbocycles. The number of carbonyl (C=O) groups excluding carboxylic acids is 1. The van der Waals surface area contributed by atoms with Crippen molar-refractivity contribution >= 4 is 5.91 Å². The van der Waals surface area contributed by atoms with Crippen molar-refractivity contribution in [2.75, 3.05) is 19.8 Å². The molecule has 0 bridgehead atoms. The van der Waals surface area contributed by atoms with Crippen molar-refractivity contribution in [2.24, 2.45) is 5.41 Å². The minimum Gasteiger partial charge on any atom is -0.491 e. The van der Waals surface area contributed by atoms with Crippen molar-refractivity contribution in [1.82, 2.24) is 10.3 Å². The van der Waals surface area contributed by atoms with Crippen LogP contribution >= 0.6 is 0 Å². The van der Waals surface area contributed by atoms with E-state index in [9.17, 15) is 9.90 Å². The van der Waals surface area contributed by atoms with Crippen LogP contribution in [0.4, 0.5) is 0 Å². The van der Waals surface area contributed by atoms with Gasteiger partial charge in [-0.15, -0.1) is 0 Å². The van der Waals surface area contributed by atoms with Crippen molar-refractivity contribution in [2.45, 2.75) is 19.8 Å². The molecule has 0 radical (unpaired) electrons. The van der Waals surface area contributed by atoms with Gasteiger partial charge < -0.3 is 15.2 Å². The molecule has 0 aromatic carbocycles. The Balaban J connectivity index is 2.00. The van der Waals surface area contributed by atoms with Crippen molar-refractivity contribution in [3.05, 3.63) is 24.0 Å². The van der Waals surface area contributed by atoms with E-state index in [0.717, 1.165) is 12.8 Å². The molecule has 0 saturated heterocycles. The average Bonchev–Trinajstić information content (AvgIpc) is 3.18. The molecule has 2 N–H and O–H groups in total. The van der Waals surface area contributed by atoms with Gasteiger partial charge in [-0.2, -0.15) is 0 Å². The maximum Gasteiger partial charge on any atom is 0.273 e. The fraction of sp³-hybridized carbons (Fsp3) is 0.538. The molecular formula is C13H18N2O3. The summed E-state index contributed by atoms with van der Waals surface area (Å²) in [6, 6.07) is 3.46. The molecule has 0 unspecified atom stereocenters. The summed E-state index contributed by atoms with van der Waals surface area (Å²) in [5.74, 6) is 0.241. The largest absolute Gasteiger partial charge is 0.491 e. The Hall–Kier alpha value is -1.62. The smallest absolute Gasteiger partial charge is 0.273 e. The molecular weight excluding hydrogens is 232 g/mol. The van der Waals surface area contributed by atoms with E-state index < -0.39 is 0 Å². The van der Waals surface area contributed by atoms with Crippen LogP contribution in [0.5, 0.6) is 5.75 Å². The van der Waals surface area contributed by atoms with E-state index in [1.807, 2.05) is 6.92 Å². The number of rotatable bonds is 6. The number of aliphatic hydroxyl groups is 1. The second-order valence-corrected chi connectivity index (χ2v) is 4.62. The number of aliphatic hydroxyl groups excluding tert-OH is 1. The van der Waals surface area contributed by atoms with Crippen molar-refractivity contribution in [3.63, 3.8) is 0 Å². The van der Waals surface area contributed by atoms with Gasteiger partial charge in [0.1, 0.15) is 0 Å². The molecule has 5 heteroatoms. The maximum absolute atomic E-state index is 12.0. The van der Waals surface area contributed by atoms with Gasteiger partial charge in [-0.05, 0) is 31.9 Å². The third-order valence-corrected chi connectivity index (χ3v) is 3.20. The number of hydrogen-bond acceptors (Lipinski definition) is 4. The van der Waals surface area contributed by atoms with Gasteiger partial charge in [0.2, 0.25) is 0 Å². The van der Waals surface area contributed by atoms with E-state index in [1.54, 1.807) is 18.3 Å². The van der Waals surface area contributed by atoms with Crippen LogP contribution in [-0.4, -0.2) is 35.8 Å². The molecule has 0 aliphatic heterocycles. The van der Waals surface area contributed by atoms with E-state index >= 15 is 0 Å². The number of hydrogen-bond donors (Lipinski definition) is 2. The lowest BCUT2D eigenvalue weighted by molar-refractivity contribution is 0.0926. The topological polar surface area (TPSA) is 71.5 Å². The lowest BCUT2D eigenvalue weighted by Crippen LogP contribution is -2.32. The second-order valence-electron chi connectivity index (χ2n) is 4.62. The molecule has 1 amide bonds. The zero-order chi connectivity index (χ0) is 13.0. The first-order valence-corrected chi connectivity index (χ1v) is 6.18. The Morgan fingerprint density at radius 1 is 1.61 bits per heavy atom. The molecule has 0 atom stereocenters. The molecule has 1 heterocycles. The number of nitrogens with one attached hydrogen (secondary N) is 1. The summed E-state index contributed by atoms with van der Waals surface area (Å²) < 4.78 is 5.36. The molecule has 98 valence electrons. The van der Waals surface area contributed by atoms with Crippen LogP contribution in [0, 0.1) is 5.41 Å². The Kier molecular flexibility index (Phi) is 3.81. The van der Waals surface area contributed by atoms with Gasteiger partial charge in [0.25, 0.3) is 5.91 Å². The molecule has 1 fully saturated rings. The Labute approximate surface area is 106 Å². The number of amides is 1. The number of nitrogens with zero attached hydrogens (tertiary/aromatic N) is 1. The monoisotopic (exact) mass is 250 g/mol. The summed E-state index contributed by atoms with van der Waals surface area (Å²) >= 11 is 0. The Morgan fingerprint density at radius 3 is 3.00 bits per heavy atom. The van der Waals surface area contributed by atoms with Crippen molar-refractivity contribution in [3.8, 4) is 5.75 Å². The average molecular weight is 250 g/mol. The quantitative estimate of drug-likeness (QED) is 0.789. The molecule has 0 spiro atoms. The highest BCUT2D eigenvalue weighted by molar-refractivity contribution is 5.94. The zero-order valence-corrected chi connectivity index (χ0v) is 10.5. The van der Waals surface area contributed by atoms with Crippen molar-refractivity contribution in [1.29, 1.82) is 0 Å². The summed E-state index contributed by atoms with van der Waals surface area (Å²) in [5.41, 5.74) is 0.198.